The highest BCUT2D eigenvalue weighted by Gasteiger charge is 2.20. The SMILES string of the molecule is CN=C(NCCS(=O)(=O)NCc1ccccc1)NC1CCN(Cc2ccccc2)CC1. The summed E-state index contributed by atoms with van der Waals surface area (Å²) in [5.74, 6) is 0.649. The summed E-state index contributed by atoms with van der Waals surface area (Å²) in [4.78, 5) is 6.71. The Morgan fingerprint density at radius 3 is 2.23 bits per heavy atom. The van der Waals surface area contributed by atoms with Gasteiger partial charge in [-0.05, 0) is 24.0 Å². The van der Waals surface area contributed by atoms with Crippen LogP contribution in [0, 0.1) is 0 Å². The van der Waals surface area contributed by atoms with E-state index in [1.165, 1.54) is 5.56 Å². The number of nitrogens with one attached hydrogen (secondary N) is 3. The Hall–Kier alpha value is -2.42. The zero-order valence-corrected chi connectivity index (χ0v) is 18.9. The Labute approximate surface area is 186 Å². The van der Waals surface area contributed by atoms with Gasteiger partial charge in [0.15, 0.2) is 5.96 Å². The summed E-state index contributed by atoms with van der Waals surface area (Å²) in [5, 5.41) is 6.56. The Kier molecular flexibility index (Phi) is 8.87. The molecule has 1 aliphatic heterocycles. The second-order valence-corrected chi connectivity index (χ2v) is 9.73. The van der Waals surface area contributed by atoms with E-state index in [1.807, 2.05) is 36.4 Å². The minimum atomic E-state index is -3.36. The third-order valence-electron chi connectivity index (χ3n) is 5.40. The Morgan fingerprint density at radius 1 is 1.00 bits per heavy atom. The van der Waals surface area contributed by atoms with Crippen LogP contribution in [0.3, 0.4) is 0 Å². The first-order valence-corrected chi connectivity index (χ1v) is 12.4. The monoisotopic (exact) mass is 443 g/mol. The van der Waals surface area contributed by atoms with E-state index in [0.717, 1.165) is 38.0 Å². The average Bonchev–Trinajstić information content (AvgIpc) is 2.80. The van der Waals surface area contributed by atoms with Gasteiger partial charge in [-0.25, -0.2) is 13.1 Å². The zero-order valence-electron chi connectivity index (χ0n) is 18.1. The normalized spacial score (nSPS) is 16.2. The Balaban J connectivity index is 1.35. The summed E-state index contributed by atoms with van der Waals surface area (Å²) in [6.45, 7) is 3.64. The summed E-state index contributed by atoms with van der Waals surface area (Å²) in [6.07, 6.45) is 2.06. The minimum absolute atomic E-state index is 0.00392. The maximum Gasteiger partial charge on any atom is 0.213 e. The Morgan fingerprint density at radius 2 is 1.61 bits per heavy atom. The molecule has 0 aromatic heterocycles. The molecular formula is C23H33N5O2S. The molecule has 31 heavy (non-hydrogen) atoms. The molecule has 0 atom stereocenters. The van der Waals surface area contributed by atoms with Crippen molar-refractivity contribution in [1.29, 1.82) is 0 Å². The lowest BCUT2D eigenvalue weighted by atomic mass is 10.0. The van der Waals surface area contributed by atoms with Crippen molar-refractivity contribution in [2.75, 3.05) is 32.4 Å². The second kappa shape index (κ2) is 11.8. The van der Waals surface area contributed by atoms with Gasteiger partial charge in [0.2, 0.25) is 10.0 Å². The van der Waals surface area contributed by atoms with Crippen LogP contribution >= 0.6 is 0 Å². The molecule has 1 fully saturated rings. The first-order chi connectivity index (χ1) is 15.0. The fourth-order valence-corrected chi connectivity index (χ4v) is 4.53. The molecule has 0 unspecified atom stereocenters. The quantitative estimate of drug-likeness (QED) is 0.407. The van der Waals surface area contributed by atoms with Gasteiger partial charge in [0.25, 0.3) is 0 Å². The maximum atomic E-state index is 12.2. The molecule has 3 N–H and O–H groups in total. The van der Waals surface area contributed by atoms with Crippen molar-refractivity contribution in [2.45, 2.75) is 32.0 Å². The van der Waals surface area contributed by atoms with Gasteiger partial charge in [-0.1, -0.05) is 60.7 Å². The fraction of sp³-hybridized carbons (Fsp3) is 0.435. The molecule has 8 heteroatoms. The predicted molar refractivity (Wildman–Crippen MR) is 126 cm³/mol. The van der Waals surface area contributed by atoms with E-state index in [2.05, 4.69) is 49.5 Å². The molecule has 0 bridgehead atoms. The molecule has 1 heterocycles. The summed E-state index contributed by atoms with van der Waals surface area (Å²) < 4.78 is 27.1. The van der Waals surface area contributed by atoms with Gasteiger partial charge in [0.05, 0.1) is 5.75 Å². The largest absolute Gasteiger partial charge is 0.355 e. The van der Waals surface area contributed by atoms with E-state index in [-0.39, 0.29) is 5.75 Å². The molecule has 0 aliphatic carbocycles. The van der Waals surface area contributed by atoms with Gasteiger partial charge in [0.1, 0.15) is 0 Å². The molecule has 1 aliphatic rings. The fourth-order valence-electron chi connectivity index (χ4n) is 3.63. The number of benzene rings is 2. The Bertz CT molecular complexity index is 911. The smallest absolute Gasteiger partial charge is 0.213 e. The highest BCUT2D eigenvalue weighted by molar-refractivity contribution is 7.89. The summed E-state index contributed by atoms with van der Waals surface area (Å²) in [5.41, 5.74) is 2.28. The van der Waals surface area contributed by atoms with Gasteiger partial charge < -0.3 is 10.6 Å². The third kappa shape index (κ3) is 8.32. The molecule has 1 saturated heterocycles. The summed E-state index contributed by atoms with van der Waals surface area (Å²) in [7, 11) is -1.65. The number of sulfonamides is 1. The van der Waals surface area contributed by atoms with E-state index >= 15 is 0 Å². The molecule has 0 spiro atoms. The minimum Gasteiger partial charge on any atom is -0.355 e. The topological polar surface area (TPSA) is 85.8 Å². The van der Waals surface area contributed by atoms with Gasteiger partial charge in [-0.3, -0.25) is 9.89 Å². The highest BCUT2D eigenvalue weighted by atomic mass is 32.2. The summed E-state index contributed by atoms with van der Waals surface area (Å²) >= 11 is 0. The van der Waals surface area contributed by atoms with E-state index < -0.39 is 10.0 Å². The van der Waals surface area contributed by atoms with Crippen molar-refractivity contribution in [3.05, 3.63) is 71.8 Å². The number of nitrogens with zero attached hydrogens (tertiary/aromatic N) is 2. The van der Waals surface area contributed by atoms with Crippen molar-refractivity contribution >= 4 is 16.0 Å². The van der Waals surface area contributed by atoms with E-state index in [0.29, 0.717) is 25.1 Å². The van der Waals surface area contributed by atoms with Crippen molar-refractivity contribution in [3.8, 4) is 0 Å². The average molecular weight is 444 g/mol. The molecule has 2 aromatic rings. The zero-order chi connectivity index (χ0) is 21.9. The second-order valence-electron chi connectivity index (χ2n) is 7.80. The van der Waals surface area contributed by atoms with Crippen LogP contribution in [0.15, 0.2) is 65.7 Å². The first kappa shape index (κ1) is 23.2. The van der Waals surface area contributed by atoms with Gasteiger partial charge >= 0.3 is 0 Å². The van der Waals surface area contributed by atoms with Crippen LogP contribution in [-0.2, 0) is 23.1 Å². The maximum absolute atomic E-state index is 12.2. The number of guanidine groups is 1. The van der Waals surface area contributed by atoms with Crippen molar-refractivity contribution in [1.82, 2.24) is 20.3 Å². The van der Waals surface area contributed by atoms with Gasteiger partial charge in [0, 0.05) is 45.8 Å². The van der Waals surface area contributed by atoms with Crippen LogP contribution < -0.4 is 15.4 Å². The van der Waals surface area contributed by atoms with Crippen LogP contribution in [-0.4, -0.2) is 57.8 Å². The standard InChI is InChI=1S/C23H33N5O2S/c1-24-23(25-14-17-31(29,30)26-18-20-8-4-2-5-9-20)27-22-12-15-28(16-13-22)19-21-10-6-3-7-11-21/h2-11,22,26H,12-19H2,1H3,(H2,24,25,27). The van der Waals surface area contributed by atoms with Crippen molar-refractivity contribution in [2.24, 2.45) is 4.99 Å². The molecule has 0 amide bonds. The van der Waals surface area contributed by atoms with Crippen molar-refractivity contribution in [3.63, 3.8) is 0 Å². The van der Waals surface area contributed by atoms with Gasteiger partial charge in [-0.2, -0.15) is 0 Å². The number of aliphatic imine (C=N–C) groups is 1. The third-order valence-corrected chi connectivity index (χ3v) is 6.73. The number of hydrogen-bond acceptors (Lipinski definition) is 4. The lowest BCUT2D eigenvalue weighted by Crippen LogP contribution is -2.49. The first-order valence-electron chi connectivity index (χ1n) is 10.8. The molecule has 168 valence electrons. The molecule has 0 radical (unpaired) electrons. The molecule has 7 nitrogen and oxygen atoms in total. The van der Waals surface area contributed by atoms with E-state index in [1.54, 1.807) is 7.05 Å². The van der Waals surface area contributed by atoms with Crippen LogP contribution in [0.4, 0.5) is 0 Å². The van der Waals surface area contributed by atoms with Gasteiger partial charge in [-0.15, -0.1) is 0 Å². The van der Waals surface area contributed by atoms with Crippen LogP contribution in [0.5, 0.6) is 0 Å². The van der Waals surface area contributed by atoms with Crippen molar-refractivity contribution < 1.29 is 8.42 Å². The van der Waals surface area contributed by atoms with E-state index in [4.69, 9.17) is 0 Å². The number of rotatable bonds is 9. The lowest BCUT2D eigenvalue weighted by Gasteiger charge is -2.33. The van der Waals surface area contributed by atoms with Crippen LogP contribution in [0.2, 0.25) is 0 Å². The van der Waals surface area contributed by atoms with E-state index in [9.17, 15) is 8.42 Å². The molecule has 0 saturated carbocycles. The predicted octanol–water partition coefficient (Wildman–Crippen LogP) is 1.94. The lowest BCUT2D eigenvalue weighted by molar-refractivity contribution is 0.198. The molecule has 2 aromatic carbocycles. The number of hydrogen-bond donors (Lipinski definition) is 3. The van der Waals surface area contributed by atoms with Crippen LogP contribution in [0.25, 0.3) is 0 Å². The molecule has 3 rings (SSSR count). The number of likely N-dealkylation sites (tertiary alicyclic amines) is 1. The highest BCUT2D eigenvalue weighted by Crippen LogP contribution is 2.13. The molecular weight excluding hydrogens is 410 g/mol. The number of piperidine rings is 1. The van der Waals surface area contributed by atoms with Crippen LogP contribution in [0.1, 0.15) is 24.0 Å². The summed E-state index contributed by atoms with van der Waals surface area (Å²) in [6, 6.07) is 20.4.